The van der Waals surface area contributed by atoms with E-state index in [1.165, 1.54) is 12.7 Å². The fraction of sp³-hybridized carbons (Fsp3) is 0.348. The predicted molar refractivity (Wildman–Crippen MR) is 112 cm³/mol. The third kappa shape index (κ3) is 7.87. The number of aliphatic carboxylic acids is 1. The normalized spacial score (nSPS) is 10.5. The van der Waals surface area contributed by atoms with E-state index in [1.54, 1.807) is 38.1 Å². The first-order valence-corrected chi connectivity index (χ1v) is 9.40. The number of hydrogen-bond acceptors (Lipinski definition) is 5. The van der Waals surface area contributed by atoms with Gasteiger partial charge in [-0.1, -0.05) is 48.5 Å². The Balaban J connectivity index is 0.000000387. The molecule has 2 rings (SSSR count). The topological polar surface area (TPSA) is 107 Å². The lowest BCUT2D eigenvalue weighted by molar-refractivity contribution is -0.146. The highest BCUT2D eigenvalue weighted by atomic mass is 16.5. The summed E-state index contributed by atoms with van der Waals surface area (Å²) in [6, 6.07) is 16.9. The van der Waals surface area contributed by atoms with Gasteiger partial charge in [-0.2, -0.15) is 0 Å². The number of ketones is 1. The van der Waals surface area contributed by atoms with Crippen molar-refractivity contribution in [2.75, 3.05) is 13.7 Å². The van der Waals surface area contributed by atoms with Gasteiger partial charge in [-0.3, -0.25) is 14.4 Å². The lowest BCUT2D eigenvalue weighted by Crippen LogP contribution is -2.30. The first kappa shape index (κ1) is 24.0. The lowest BCUT2D eigenvalue weighted by atomic mass is 9.83. The van der Waals surface area contributed by atoms with Crippen LogP contribution in [0.3, 0.4) is 0 Å². The number of carbonyl (C=O) groups excluding carboxylic acids is 2. The van der Waals surface area contributed by atoms with Crippen molar-refractivity contribution in [3.05, 3.63) is 71.3 Å². The second-order valence-corrected chi connectivity index (χ2v) is 7.04. The maximum absolute atomic E-state index is 11.9. The summed E-state index contributed by atoms with van der Waals surface area (Å²) >= 11 is 0. The minimum absolute atomic E-state index is 0.0581. The Labute approximate surface area is 171 Å². The molecule has 0 atom stereocenters. The van der Waals surface area contributed by atoms with Gasteiger partial charge in [0.1, 0.15) is 0 Å². The van der Waals surface area contributed by atoms with E-state index in [0.29, 0.717) is 11.1 Å². The van der Waals surface area contributed by atoms with Crippen molar-refractivity contribution in [3.8, 4) is 0 Å². The van der Waals surface area contributed by atoms with Crippen LogP contribution in [0.25, 0.3) is 0 Å². The predicted octanol–water partition coefficient (Wildman–Crippen LogP) is 3.37. The first-order chi connectivity index (χ1) is 13.7. The van der Waals surface area contributed by atoms with Crippen LogP contribution in [0.4, 0.5) is 0 Å². The Morgan fingerprint density at radius 3 is 2.21 bits per heavy atom. The fourth-order valence-corrected chi connectivity index (χ4v) is 2.63. The highest BCUT2D eigenvalue weighted by Gasteiger charge is 2.31. The van der Waals surface area contributed by atoms with Crippen LogP contribution >= 0.6 is 0 Å². The summed E-state index contributed by atoms with van der Waals surface area (Å²) in [5, 5.41) is 8.58. The first-order valence-electron chi connectivity index (χ1n) is 9.40. The molecule has 6 heteroatoms. The molecule has 3 N–H and O–H groups in total. The molecule has 0 fully saturated rings. The third-order valence-electron chi connectivity index (χ3n) is 4.44. The summed E-state index contributed by atoms with van der Waals surface area (Å²) in [6.07, 6.45) is 0.724. The molecule has 0 spiro atoms. The Morgan fingerprint density at radius 2 is 1.66 bits per heavy atom. The van der Waals surface area contributed by atoms with Crippen molar-refractivity contribution in [2.45, 2.75) is 38.5 Å². The zero-order valence-corrected chi connectivity index (χ0v) is 17.2. The lowest BCUT2D eigenvalue weighted by Gasteiger charge is -2.22. The highest BCUT2D eigenvalue weighted by Crippen LogP contribution is 2.25. The molecule has 0 aliphatic carbocycles. The van der Waals surface area contributed by atoms with Crippen LogP contribution in [0.15, 0.2) is 54.6 Å². The van der Waals surface area contributed by atoms with Gasteiger partial charge in [-0.25, -0.2) is 0 Å². The molecule has 0 radical (unpaired) electrons. The summed E-state index contributed by atoms with van der Waals surface area (Å²) in [4.78, 5) is 34.1. The number of hydrogen-bond donors (Lipinski definition) is 2. The molecule has 0 unspecified atom stereocenters. The standard InChI is InChI=1S/C15H18O5.C8H11N/c1-15(2,14(19)20-3)11-6-4-5-10(9-11)12(16)7-8-13(17)18;9-7-6-8-4-2-1-3-5-8/h4-6,9H,7-8H2,1-3H3,(H,17,18);1-5H,6-7,9H2. The second kappa shape index (κ2) is 11.8. The Kier molecular flexibility index (Phi) is 9.75. The maximum atomic E-state index is 11.9. The number of Topliss-reactive ketones (excluding diaryl/α,β-unsaturated/α-hetero) is 1. The van der Waals surface area contributed by atoms with Crippen molar-refractivity contribution >= 4 is 17.7 Å². The molecule has 29 heavy (non-hydrogen) atoms. The van der Waals surface area contributed by atoms with Crippen molar-refractivity contribution in [2.24, 2.45) is 5.73 Å². The summed E-state index contributed by atoms with van der Waals surface area (Å²) in [6.45, 7) is 4.16. The van der Waals surface area contributed by atoms with Gasteiger partial charge >= 0.3 is 11.9 Å². The van der Waals surface area contributed by atoms with Crippen molar-refractivity contribution < 1.29 is 24.2 Å². The van der Waals surface area contributed by atoms with Gasteiger partial charge in [-0.15, -0.1) is 0 Å². The van der Waals surface area contributed by atoms with Crippen LogP contribution in [-0.2, 0) is 26.2 Å². The van der Waals surface area contributed by atoms with Gasteiger partial charge in [-0.05, 0) is 44.0 Å². The average molecular weight is 399 g/mol. The number of benzene rings is 2. The van der Waals surface area contributed by atoms with Crippen LogP contribution in [0, 0.1) is 0 Å². The minimum Gasteiger partial charge on any atom is -0.481 e. The second-order valence-electron chi connectivity index (χ2n) is 7.04. The van der Waals surface area contributed by atoms with E-state index in [1.807, 2.05) is 18.2 Å². The molecule has 2 aromatic rings. The quantitative estimate of drug-likeness (QED) is 0.521. The van der Waals surface area contributed by atoms with Crippen LogP contribution in [0.1, 0.15) is 48.2 Å². The van der Waals surface area contributed by atoms with Crippen molar-refractivity contribution in [1.29, 1.82) is 0 Å². The highest BCUT2D eigenvalue weighted by molar-refractivity contribution is 5.98. The molecule has 0 saturated heterocycles. The number of nitrogens with two attached hydrogens (primary N) is 1. The van der Waals surface area contributed by atoms with E-state index in [9.17, 15) is 14.4 Å². The number of carboxylic acid groups (broad SMARTS) is 1. The van der Waals surface area contributed by atoms with E-state index in [0.717, 1.165) is 13.0 Å². The van der Waals surface area contributed by atoms with Gasteiger partial charge in [0.05, 0.1) is 18.9 Å². The van der Waals surface area contributed by atoms with E-state index in [-0.39, 0.29) is 18.6 Å². The molecule has 0 aliphatic heterocycles. The Hall–Kier alpha value is -2.99. The van der Waals surface area contributed by atoms with E-state index in [4.69, 9.17) is 15.6 Å². The van der Waals surface area contributed by atoms with Crippen LogP contribution in [0.2, 0.25) is 0 Å². The zero-order valence-electron chi connectivity index (χ0n) is 17.2. The van der Waals surface area contributed by atoms with Crippen molar-refractivity contribution in [3.63, 3.8) is 0 Å². The minimum atomic E-state index is -1.01. The van der Waals surface area contributed by atoms with E-state index in [2.05, 4.69) is 12.1 Å². The summed E-state index contributed by atoms with van der Waals surface area (Å²) in [7, 11) is 1.31. The van der Waals surface area contributed by atoms with Gasteiger partial charge in [0.25, 0.3) is 0 Å². The molecule has 6 nitrogen and oxygen atoms in total. The van der Waals surface area contributed by atoms with Gasteiger partial charge < -0.3 is 15.6 Å². The molecule has 0 heterocycles. The van der Waals surface area contributed by atoms with Gasteiger partial charge in [0.2, 0.25) is 0 Å². The van der Waals surface area contributed by atoms with E-state index >= 15 is 0 Å². The monoisotopic (exact) mass is 399 g/mol. The largest absolute Gasteiger partial charge is 0.481 e. The van der Waals surface area contributed by atoms with E-state index < -0.39 is 17.4 Å². The molecule has 0 aromatic heterocycles. The zero-order chi connectivity index (χ0) is 21.9. The Bertz CT molecular complexity index is 815. The fourth-order valence-electron chi connectivity index (χ4n) is 2.63. The molecule has 156 valence electrons. The number of rotatable bonds is 8. The van der Waals surface area contributed by atoms with Crippen molar-refractivity contribution in [1.82, 2.24) is 0 Å². The number of esters is 1. The molecular formula is C23H29NO5. The molecule has 0 bridgehead atoms. The number of carbonyl (C=O) groups is 3. The maximum Gasteiger partial charge on any atom is 0.315 e. The van der Waals surface area contributed by atoms with Crippen LogP contribution in [-0.4, -0.2) is 36.5 Å². The SMILES string of the molecule is COC(=O)C(C)(C)c1cccc(C(=O)CCC(=O)O)c1.NCCc1ccccc1. The third-order valence-corrected chi connectivity index (χ3v) is 4.44. The average Bonchev–Trinajstić information content (AvgIpc) is 2.73. The molecular weight excluding hydrogens is 370 g/mol. The van der Waals surface area contributed by atoms with Crippen LogP contribution in [0.5, 0.6) is 0 Å². The summed E-state index contributed by atoms with van der Waals surface area (Å²) in [5.74, 6) is -1.66. The number of ether oxygens (including phenoxy) is 1. The number of methoxy groups -OCH3 is 1. The summed E-state index contributed by atoms with van der Waals surface area (Å²) < 4.78 is 4.75. The molecule has 2 aromatic carbocycles. The smallest absolute Gasteiger partial charge is 0.315 e. The van der Waals surface area contributed by atoms with Gasteiger partial charge in [0.15, 0.2) is 5.78 Å². The molecule has 0 amide bonds. The Morgan fingerprint density at radius 1 is 1.00 bits per heavy atom. The summed E-state index contributed by atoms with van der Waals surface area (Å²) in [5.41, 5.74) is 6.88. The van der Waals surface area contributed by atoms with Gasteiger partial charge in [0, 0.05) is 12.0 Å². The van der Waals surface area contributed by atoms with Crippen LogP contribution < -0.4 is 5.73 Å². The number of carboxylic acids is 1. The molecule has 0 saturated carbocycles. The molecule has 0 aliphatic rings.